The van der Waals surface area contributed by atoms with E-state index in [2.05, 4.69) is 178 Å². The standard InChI is InChI=1S/C55H36N6O/c1-3-13-40(14-4-1)60-50-20-10-8-18-47(50)57-54(60)38-25-31-43(32-26-38)59(42-29-23-37(24-30-42)49-35-53-46(36-56-49)45-17-7-12-22-52(45)62-53)44-33-27-39(28-34-44)55-58-48-19-9-11-21-51(48)61(55)41-15-5-2-6-16-41/h1-36H. The molecule has 0 aliphatic rings. The van der Waals surface area contributed by atoms with Crippen LogP contribution in [0.4, 0.5) is 17.1 Å². The zero-order chi connectivity index (χ0) is 41.0. The Labute approximate surface area is 357 Å². The molecule has 8 aromatic carbocycles. The number of rotatable bonds is 8. The Morgan fingerprint density at radius 2 is 0.839 bits per heavy atom. The van der Waals surface area contributed by atoms with Crippen molar-refractivity contribution in [2.75, 3.05) is 4.90 Å². The highest BCUT2D eigenvalue weighted by atomic mass is 16.3. The lowest BCUT2D eigenvalue weighted by molar-refractivity contribution is 0.668. The van der Waals surface area contributed by atoms with Crippen LogP contribution in [0.5, 0.6) is 0 Å². The minimum Gasteiger partial charge on any atom is -0.456 e. The van der Waals surface area contributed by atoms with Crippen LogP contribution in [0.15, 0.2) is 223 Å². The molecule has 292 valence electrons. The Bertz CT molecular complexity index is 3390. The van der Waals surface area contributed by atoms with Gasteiger partial charge in [0.2, 0.25) is 0 Å². The molecule has 0 aliphatic heterocycles. The van der Waals surface area contributed by atoms with Crippen LogP contribution in [0.25, 0.3) is 89.4 Å². The molecule has 0 spiro atoms. The Balaban J connectivity index is 0.953. The first kappa shape index (κ1) is 35.4. The van der Waals surface area contributed by atoms with Crippen molar-refractivity contribution in [1.82, 2.24) is 24.1 Å². The van der Waals surface area contributed by atoms with E-state index in [1.807, 2.05) is 54.7 Å². The summed E-state index contributed by atoms with van der Waals surface area (Å²) in [7, 11) is 0. The molecule has 7 heteroatoms. The molecule has 62 heavy (non-hydrogen) atoms. The maximum absolute atomic E-state index is 6.21. The molecule has 0 atom stereocenters. The summed E-state index contributed by atoms with van der Waals surface area (Å²) in [4.78, 5) is 17.4. The highest BCUT2D eigenvalue weighted by Gasteiger charge is 2.19. The van der Waals surface area contributed by atoms with Crippen molar-refractivity contribution in [3.05, 3.63) is 219 Å². The lowest BCUT2D eigenvalue weighted by atomic mass is 10.1. The second kappa shape index (κ2) is 14.6. The number of anilines is 3. The number of aromatic nitrogens is 5. The number of hydrogen-bond donors (Lipinski definition) is 0. The molecule has 7 nitrogen and oxygen atoms in total. The summed E-state index contributed by atoms with van der Waals surface area (Å²) in [5, 5.41) is 2.08. The van der Waals surface area contributed by atoms with Gasteiger partial charge in [0, 0.05) is 68.2 Å². The molecule has 0 N–H and O–H groups in total. The van der Waals surface area contributed by atoms with Crippen molar-refractivity contribution >= 4 is 61.1 Å². The van der Waals surface area contributed by atoms with Gasteiger partial charge in [-0.05, 0) is 115 Å². The van der Waals surface area contributed by atoms with Gasteiger partial charge in [0.25, 0.3) is 0 Å². The minimum atomic E-state index is 0.823. The van der Waals surface area contributed by atoms with Crippen molar-refractivity contribution < 1.29 is 4.42 Å². The molecule has 0 radical (unpaired) electrons. The predicted molar refractivity (Wildman–Crippen MR) is 252 cm³/mol. The second-order valence-electron chi connectivity index (χ2n) is 15.3. The maximum atomic E-state index is 6.21. The van der Waals surface area contributed by atoms with Gasteiger partial charge in [-0.1, -0.05) is 91.0 Å². The zero-order valence-electron chi connectivity index (χ0n) is 33.4. The molecule has 12 rings (SSSR count). The number of hydrogen-bond acceptors (Lipinski definition) is 5. The summed E-state index contributed by atoms with van der Waals surface area (Å²) in [5.41, 5.74) is 14.8. The third kappa shape index (κ3) is 6.02. The van der Waals surface area contributed by atoms with Crippen LogP contribution in [-0.4, -0.2) is 24.1 Å². The van der Waals surface area contributed by atoms with E-state index in [-0.39, 0.29) is 0 Å². The molecule has 4 aromatic heterocycles. The number of benzene rings is 8. The number of furan rings is 1. The first-order valence-electron chi connectivity index (χ1n) is 20.7. The molecule has 0 saturated heterocycles. The summed E-state index contributed by atoms with van der Waals surface area (Å²) >= 11 is 0. The van der Waals surface area contributed by atoms with Crippen LogP contribution < -0.4 is 4.90 Å². The van der Waals surface area contributed by atoms with Gasteiger partial charge in [0.1, 0.15) is 22.8 Å². The summed E-state index contributed by atoms with van der Waals surface area (Å²) in [6.07, 6.45) is 1.91. The molecule has 4 heterocycles. The third-order valence-corrected chi connectivity index (χ3v) is 11.6. The van der Waals surface area contributed by atoms with Crippen molar-refractivity contribution in [1.29, 1.82) is 0 Å². The van der Waals surface area contributed by atoms with Crippen LogP contribution in [0, 0.1) is 0 Å². The van der Waals surface area contributed by atoms with Gasteiger partial charge < -0.3 is 9.32 Å². The van der Waals surface area contributed by atoms with Gasteiger partial charge >= 0.3 is 0 Å². The Kier molecular flexibility index (Phi) is 8.35. The Morgan fingerprint density at radius 3 is 1.37 bits per heavy atom. The first-order chi connectivity index (χ1) is 30.7. The monoisotopic (exact) mass is 796 g/mol. The first-order valence-corrected chi connectivity index (χ1v) is 20.7. The molecule has 0 unspecified atom stereocenters. The van der Waals surface area contributed by atoms with E-state index in [1.54, 1.807) is 0 Å². The van der Waals surface area contributed by atoms with E-state index in [4.69, 9.17) is 19.4 Å². The lowest BCUT2D eigenvalue weighted by Crippen LogP contribution is -2.10. The zero-order valence-corrected chi connectivity index (χ0v) is 33.4. The van der Waals surface area contributed by atoms with Crippen molar-refractivity contribution in [2.24, 2.45) is 0 Å². The topological polar surface area (TPSA) is 64.9 Å². The van der Waals surface area contributed by atoms with Gasteiger partial charge in [0.15, 0.2) is 0 Å². The second-order valence-corrected chi connectivity index (χ2v) is 15.3. The van der Waals surface area contributed by atoms with E-state index in [0.29, 0.717) is 0 Å². The maximum Gasteiger partial charge on any atom is 0.145 e. The normalized spacial score (nSPS) is 11.5. The molecule has 0 fully saturated rings. The number of para-hydroxylation sites is 7. The van der Waals surface area contributed by atoms with Gasteiger partial charge in [-0.2, -0.15) is 0 Å². The van der Waals surface area contributed by atoms with Gasteiger partial charge in [-0.15, -0.1) is 0 Å². The summed E-state index contributed by atoms with van der Waals surface area (Å²) in [6.45, 7) is 0. The van der Waals surface area contributed by atoms with E-state index in [0.717, 1.165) is 106 Å². The van der Waals surface area contributed by atoms with E-state index in [1.165, 1.54) is 0 Å². The van der Waals surface area contributed by atoms with Crippen LogP contribution in [0.2, 0.25) is 0 Å². The van der Waals surface area contributed by atoms with Crippen LogP contribution >= 0.6 is 0 Å². The molecular weight excluding hydrogens is 761 g/mol. The fraction of sp³-hybridized carbons (Fsp3) is 0. The van der Waals surface area contributed by atoms with Crippen molar-refractivity contribution in [2.45, 2.75) is 0 Å². The van der Waals surface area contributed by atoms with Gasteiger partial charge in [-0.3, -0.25) is 14.1 Å². The number of imidazole rings is 2. The third-order valence-electron chi connectivity index (χ3n) is 11.6. The molecule has 0 bridgehead atoms. The highest BCUT2D eigenvalue weighted by molar-refractivity contribution is 6.05. The van der Waals surface area contributed by atoms with Gasteiger partial charge in [0.05, 0.1) is 27.8 Å². The quantitative estimate of drug-likeness (QED) is 0.153. The fourth-order valence-electron chi connectivity index (χ4n) is 8.64. The SMILES string of the molecule is c1ccc(-n2c(-c3ccc(N(c4ccc(-c5cc6oc7ccccc7c6cn5)cc4)c4ccc(-c5nc6ccccc6n5-c5ccccc5)cc4)cc3)nc3ccccc32)cc1. The van der Waals surface area contributed by atoms with Gasteiger partial charge in [-0.25, -0.2) is 9.97 Å². The molecule has 0 aliphatic carbocycles. The van der Waals surface area contributed by atoms with Crippen LogP contribution in [0.1, 0.15) is 0 Å². The highest BCUT2D eigenvalue weighted by Crippen LogP contribution is 2.39. The Morgan fingerprint density at radius 1 is 0.387 bits per heavy atom. The number of fused-ring (bicyclic) bond motifs is 5. The molecule has 0 amide bonds. The lowest BCUT2D eigenvalue weighted by Gasteiger charge is -2.26. The Hall–Kier alpha value is -8.55. The van der Waals surface area contributed by atoms with E-state index < -0.39 is 0 Å². The van der Waals surface area contributed by atoms with Crippen molar-refractivity contribution in [3.63, 3.8) is 0 Å². The van der Waals surface area contributed by atoms with Crippen LogP contribution in [0.3, 0.4) is 0 Å². The molecule has 12 aromatic rings. The summed E-state index contributed by atoms with van der Waals surface area (Å²) in [5.74, 6) is 1.78. The smallest absolute Gasteiger partial charge is 0.145 e. The fourth-order valence-corrected chi connectivity index (χ4v) is 8.64. The summed E-state index contributed by atoms with van der Waals surface area (Å²) < 4.78 is 10.7. The molecular formula is C55H36N6O. The largest absolute Gasteiger partial charge is 0.456 e. The van der Waals surface area contributed by atoms with E-state index in [9.17, 15) is 0 Å². The average Bonchev–Trinajstić information content (AvgIpc) is 4.05. The molecule has 0 saturated carbocycles. The van der Waals surface area contributed by atoms with E-state index >= 15 is 0 Å². The predicted octanol–water partition coefficient (Wildman–Crippen LogP) is 14.1. The van der Waals surface area contributed by atoms with Crippen LogP contribution in [-0.2, 0) is 0 Å². The van der Waals surface area contributed by atoms with Crippen molar-refractivity contribution in [3.8, 4) is 45.4 Å². The number of pyridine rings is 1. The minimum absolute atomic E-state index is 0.823. The summed E-state index contributed by atoms with van der Waals surface area (Å²) in [6, 6.07) is 73.5. The number of nitrogens with zero attached hydrogens (tertiary/aromatic N) is 6. The average molecular weight is 797 g/mol.